The molecule has 0 radical (unpaired) electrons. The van der Waals surface area contributed by atoms with Gasteiger partial charge in [0.2, 0.25) is 53.2 Å². The molecule has 4 rings (SSSR count). The molecule has 3 aliphatic heterocycles. The number of rotatable bonds is 26. The Balaban J connectivity index is 1.24. The molecule has 1 aromatic carbocycles. The first-order valence-corrected chi connectivity index (χ1v) is 23.9. The van der Waals surface area contributed by atoms with Gasteiger partial charge in [-0.3, -0.25) is 48.1 Å². The van der Waals surface area contributed by atoms with E-state index in [2.05, 4.69) is 47.5 Å². The van der Waals surface area contributed by atoms with Gasteiger partial charge in [0.05, 0.1) is 32.3 Å². The number of hydrogen-bond acceptors (Lipinski definition) is 14. The van der Waals surface area contributed by atoms with Crippen molar-refractivity contribution in [3.05, 3.63) is 29.8 Å². The number of carbonyl (C=O) groups is 10. The Morgan fingerprint density at radius 3 is 1.93 bits per heavy atom. The van der Waals surface area contributed by atoms with Crippen LogP contribution in [0, 0.1) is 5.92 Å². The van der Waals surface area contributed by atoms with Gasteiger partial charge >= 0.3 is 5.97 Å². The Bertz CT molecular complexity index is 2100. The van der Waals surface area contributed by atoms with Crippen molar-refractivity contribution in [3.63, 3.8) is 0 Å². The Morgan fingerprint density at radius 1 is 0.732 bits per heavy atom. The molecule has 0 saturated carbocycles. The Kier molecular flexibility index (Phi) is 22.2. The zero-order chi connectivity index (χ0) is 52.2. The number of carboxylic acid groups (broad SMARTS) is 1. The van der Waals surface area contributed by atoms with Crippen LogP contribution >= 0.6 is 0 Å². The van der Waals surface area contributed by atoms with Crippen molar-refractivity contribution >= 4 is 65.1 Å². The van der Waals surface area contributed by atoms with Crippen LogP contribution in [0.1, 0.15) is 77.2 Å². The number of benzene rings is 1. The third kappa shape index (κ3) is 17.4. The second-order valence-electron chi connectivity index (χ2n) is 17.8. The predicted molar refractivity (Wildman–Crippen MR) is 253 cm³/mol. The molecule has 392 valence electrons. The van der Waals surface area contributed by atoms with E-state index in [1.165, 1.54) is 29.2 Å². The molecule has 15 N–H and O–H groups in total. The van der Waals surface area contributed by atoms with Gasteiger partial charge in [0.15, 0.2) is 5.96 Å². The smallest absolute Gasteiger partial charge is 0.326 e. The molecule has 1 aromatic rings. The summed E-state index contributed by atoms with van der Waals surface area (Å²) in [6, 6.07) is -1.66. The van der Waals surface area contributed by atoms with Gasteiger partial charge in [0.1, 0.15) is 42.0 Å². The number of aliphatic imine (C=N–C) groups is 1. The number of aliphatic hydroxyl groups excluding tert-OH is 1. The van der Waals surface area contributed by atoms with E-state index in [0.29, 0.717) is 57.2 Å². The number of amides is 9. The molecule has 3 saturated heterocycles. The van der Waals surface area contributed by atoms with E-state index < -0.39 is 116 Å². The zero-order valence-electron chi connectivity index (χ0n) is 40.1. The van der Waals surface area contributed by atoms with E-state index in [1.54, 1.807) is 18.7 Å². The lowest BCUT2D eigenvalue weighted by atomic mass is 9.97. The number of phenolic OH excluding ortho intramolecular Hbond substituents is 1. The number of likely N-dealkylation sites (tertiary alicyclic amines) is 2. The summed E-state index contributed by atoms with van der Waals surface area (Å²) in [6.07, 6.45) is 4.03. The average molecular weight is 1000 g/mol. The summed E-state index contributed by atoms with van der Waals surface area (Å²) in [5.74, 6) is -8.24. The number of nitrogens with zero attached hydrogens (tertiary/aromatic N) is 3. The number of hydrogen-bond donors (Lipinski definition) is 13. The second kappa shape index (κ2) is 27.9. The molecule has 71 heavy (non-hydrogen) atoms. The molecule has 3 heterocycles. The molecular weight excluding hydrogens is 931 g/mol. The largest absolute Gasteiger partial charge is 0.508 e. The molecule has 0 aliphatic carbocycles. The minimum atomic E-state index is -1.56. The molecule has 3 fully saturated rings. The van der Waals surface area contributed by atoms with Gasteiger partial charge in [-0.2, -0.15) is 0 Å². The lowest BCUT2D eigenvalue weighted by Gasteiger charge is -2.33. The number of aliphatic carboxylic acids is 1. The molecular formula is C45H69N13O13. The van der Waals surface area contributed by atoms with Gasteiger partial charge in [-0.15, -0.1) is 0 Å². The highest BCUT2D eigenvalue weighted by Gasteiger charge is 2.44. The topological polar surface area (TPSA) is 399 Å². The summed E-state index contributed by atoms with van der Waals surface area (Å²) >= 11 is 0. The maximum atomic E-state index is 13.9. The van der Waals surface area contributed by atoms with Gasteiger partial charge in [-0.05, 0) is 81.5 Å². The lowest BCUT2D eigenvalue weighted by Crippen LogP contribution is -2.60. The van der Waals surface area contributed by atoms with Crippen LogP contribution in [-0.2, 0) is 54.4 Å². The molecule has 0 aromatic heterocycles. The standard InChI is InChI=1S/C45H69N13O13/c1-3-25(2)37(56-40(66)32-10-6-18-57(32)43(69)33-11-7-19-58(33)42(68)28-8-4-16-48-28)41(67)55-31(24-59)38(64)52-22-35(62)50-21-34(61)51-23-36(63)53-30(20-26-12-14-27(60)15-13-26)39(65)54-29(44(70)71)9-5-17-49-45(46)47/h12-15,25,28-33,37,48,59-60H,3-11,16-24H2,1-2H3,(H,50,62)(H,51,61)(H,52,64)(H,53,63)(H,54,65)(H,55,67)(H,56,66)(H,70,71)(H4,46,47,49)/t25-,28-,29-,30-,31-,32-,33-,37-/m0/s1. The van der Waals surface area contributed by atoms with Crippen LogP contribution in [0.25, 0.3) is 0 Å². The fourth-order valence-corrected chi connectivity index (χ4v) is 8.41. The number of carboxylic acids is 1. The number of nitrogens with two attached hydrogens (primary N) is 2. The van der Waals surface area contributed by atoms with Crippen molar-refractivity contribution in [3.8, 4) is 5.75 Å². The molecule has 26 nitrogen and oxygen atoms in total. The number of aromatic hydroxyl groups is 1. The molecule has 0 spiro atoms. The van der Waals surface area contributed by atoms with Crippen LogP contribution in [0.4, 0.5) is 0 Å². The highest BCUT2D eigenvalue weighted by atomic mass is 16.4. The third-order valence-electron chi connectivity index (χ3n) is 12.5. The summed E-state index contributed by atoms with van der Waals surface area (Å²) in [5, 5.41) is 49.3. The first-order valence-electron chi connectivity index (χ1n) is 23.9. The molecule has 3 aliphatic rings. The van der Waals surface area contributed by atoms with Crippen LogP contribution in [0.15, 0.2) is 29.3 Å². The summed E-state index contributed by atoms with van der Waals surface area (Å²) in [7, 11) is 0. The molecule has 0 unspecified atom stereocenters. The fraction of sp³-hybridized carbons (Fsp3) is 0.622. The van der Waals surface area contributed by atoms with Crippen LogP contribution < -0.4 is 54.0 Å². The molecule has 8 atom stereocenters. The lowest BCUT2D eigenvalue weighted by molar-refractivity contribution is -0.147. The fourth-order valence-electron chi connectivity index (χ4n) is 8.41. The monoisotopic (exact) mass is 1000 g/mol. The summed E-state index contributed by atoms with van der Waals surface area (Å²) in [4.78, 5) is 138. The minimum absolute atomic E-state index is 0.0434. The Labute approximate surface area is 410 Å². The minimum Gasteiger partial charge on any atom is -0.508 e. The van der Waals surface area contributed by atoms with Crippen molar-refractivity contribution in [2.45, 2.75) is 120 Å². The van der Waals surface area contributed by atoms with Crippen molar-refractivity contribution in [1.29, 1.82) is 0 Å². The van der Waals surface area contributed by atoms with E-state index in [-0.39, 0.29) is 55.4 Å². The van der Waals surface area contributed by atoms with Gasteiger partial charge in [0, 0.05) is 26.1 Å². The number of aliphatic hydroxyl groups is 1. The number of guanidine groups is 1. The number of nitrogens with one attached hydrogen (secondary N) is 8. The van der Waals surface area contributed by atoms with E-state index in [9.17, 15) is 63.3 Å². The van der Waals surface area contributed by atoms with Crippen molar-refractivity contribution in [2.24, 2.45) is 22.4 Å². The first kappa shape index (κ1) is 56.5. The quantitative estimate of drug-likeness (QED) is 0.0235. The average Bonchev–Trinajstić information content (AvgIpc) is 4.17. The van der Waals surface area contributed by atoms with E-state index >= 15 is 0 Å². The SMILES string of the molecule is CC[C@H](C)[C@H](NC(=O)[C@@H]1CCCN1C(=O)[C@@H]1CCCN1C(=O)[C@@H]1CCCN1)C(=O)N[C@@H](CO)C(=O)NCC(=O)NCC(=O)NCC(=O)N[C@@H](Cc1ccc(O)cc1)C(=O)N[C@@H](CCCN=C(N)N)C(=O)O. The first-order chi connectivity index (χ1) is 33.8. The molecule has 26 heteroatoms. The van der Waals surface area contributed by atoms with Crippen molar-refractivity contribution in [2.75, 3.05) is 52.4 Å². The molecule has 9 amide bonds. The highest BCUT2D eigenvalue weighted by molar-refractivity contribution is 5.97. The van der Waals surface area contributed by atoms with E-state index in [4.69, 9.17) is 11.5 Å². The Morgan fingerprint density at radius 2 is 1.34 bits per heavy atom. The number of phenols is 1. The van der Waals surface area contributed by atoms with Crippen molar-refractivity contribution < 1.29 is 63.3 Å². The van der Waals surface area contributed by atoms with Crippen LogP contribution in [0.3, 0.4) is 0 Å². The number of carbonyl (C=O) groups excluding carboxylic acids is 9. The van der Waals surface area contributed by atoms with E-state index in [0.717, 1.165) is 13.0 Å². The van der Waals surface area contributed by atoms with Crippen LogP contribution in [0.2, 0.25) is 0 Å². The highest BCUT2D eigenvalue weighted by Crippen LogP contribution is 2.27. The maximum Gasteiger partial charge on any atom is 0.326 e. The predicted octanol–water partition coefficient (Wildman–Crippen LogP) is -4.87. The maximum absolute atomic E-state index is 13.9. The summed E-state index contributed by atoms with van der Waals surface area (Å²) in [6.45, 7) is 2.17. The summed E-state index contributed by atoms with van der Waals surface area (Å²) in [5.41, 5.74) is 11.1. The van der Waals surface area contributed by atoms with Gasteiger partial charge in [-0.25, -0.2) is 4.79 Å². The zero-order valence-corrected chi connectivity index (χ0v) is 40.1. The molecule has 0 bridgehead atoms. The van der Waals surface area contributed by atoms with Crippen molar-refractivity contribution in [1.82, 2.24) is 52.3 Å². The van der Waals surface area contributed by atoms with Crippen LogP contribution in [-0.4, -0.2) is 185 Å². The third-order valence-corrected chi connectivity index (χ3v) is 12.5. The normalized spacial score (nSPS) is 19.5. The van der Waals surface area contributed by atoms with Gasteiger partial charge < -0.3 is 79.1 Å². The Hall–Kier alpha value is -7.09. The van der Waals surface area contributed by atoms with E-state index in [1.807, 2.05) is 0 Å². The summed E-state index contributed by atoms with van der Waals surface area (Å²) < 4.78 is 0. The van der Waals surface area contributed by atoms with Gasteiger partial charge in [-0.1, -0.05) is 32.4 Å². The van der Waals surface area contributed by atoms with Gasteiger partial charge in [0.25, 0.3) is 0 Å². The second-order valence-corrected chi connectivity index (χ2v) is 17.8. The van der Waals surface area contributed by atoms with Crippen LogP contribution in [0.5, 0.6) is 5.75 Å².